The van der Waals surface area contributed by atoms with Gasteiger partial charge in [-0.15, -0.1) is 0 Å². The summed E-state index contributed by atoms with van der Waals surface area (Å²) in [5, 5.41) is 26.9. The second-order valence-corrected chi connectivity index (χ2v) is 7.75. The normalized spacial score (nSPS) is 26.2. The van der Waals surface area contributed by atoms with Gasteiger partial charge in [-0.05, 0) is 12.7 Å². The standard InChI is InChI=1S/C12H24BFN4O6S/c14-5-10(15)6-17-25(23,24)18-7-9(3-1-2-4-13(21)22)12(16,8-18)11(19)20/h1,3,9-10,17,21-22H,2,4-8,15-16H2,(H,19,20)/b3-1+/t9-,10-,12-/m0/s1. The number of carboxylic acid groups (broad SMARTS) is 1. The van der Waals surface area contributed by atoms with Gasteiger partial charge in [-0.2, -0.15) is 12.7 Å². The summed E-state index contributed by atoms with van der Waals surface area (Å²) in [6.45, 7) is -1.86. The molecule has 1 saturated heterocycles. The maximum absolute atomic E-state index is 12.3. The minimum Gasteiger partial charge on any atom is -0.480 e. The van der Waals surface area contributed by atoms with E-state index in [4.69, 9.17) is 21.5 Å². The minimum absolute atomic E-state index is 0.0541. The van der Waals surface area contributed by atoms with Crippen LogP contribution in [0, 0.1) is 5.92 Å². The van der Waals surface area contributed by atoms with Crippen LogP contribution in [0.2, 0.25) is 6.32 Å². The molecule has 0 amide bonds. The summed E-state index contributed by atoms with van der Waals surface area (Å²) in [4.78, 5) is 11.5. The molecule has 0 aliphatic carbocycles. The number of hydrogen-bond donors (Lipinski definition) is 6. The first-order chi connectivity index (χ1) is 11.5. The molecule has 13 heteroatoms. The third kappa shape index (κ3) is 5.99. The molecule has 0 spiro atoms. The molecule has 25 heavy (non-hydrogen) atoms. The fraction of sp³-hybridized carbons (Fsp3) is 0.750. The number of hydrogen-bond acceptors (Lipinski definition) is 7. The van der Waals surface area contributed by atoms with E-state index in [1.807, 2.05) is 0 Å². The van der Waals surface area contributed by atoms with Gasteiger partial charge in [0.05, 0.1) is 0 Å². The molecule has 1 heterocycles. The molecule has 0 aromatic carbocycles. The Kier molecular flexibility index (Phi) is 7.93. The number of halogens is 1. The smallest absolute Gasteiger partial charge is 0.451 e. The first-order valence-electron chi connectivity index (χ1n) is 7.64. The van der Waals surface area contributed by atoms with Crippen molar-refractivity contribution in [2.24, 2.45) is 17.4 Å². The van der Waals surface area contributed by atoms with E-state index in [2.05, 4.69) is 4.72 Å². The Bertz CT molecular complexity index is 592. The SMILES string of the molecule is N[C@@H](CF)CNS(=O)(=O)N1C[C@H](/C=C/CCB(O)O)[C@](N)(C(=O)O)C1. The molecule has 1 fully saturated rings. The largest absolute Gasteiger partial charge is 0.480 e. The fourth-order valence-electron chi connectivity index (χ4n) is 2.36. The van der Waals surface area contributed by atoms with Gasteiger partial charge in [0, 0.05) is 31.6 Å². The summed E-state index contributed by atoms with van der Waals surface area (Å²) in [6, 6.07) is -1.000. The highest BCUT2D eigenvalue weighted by atomic mass is 32.2. The van der Waals surface area contributed by atoms with Crippen LogP contribution in [0.3, 0.4) is 0 Å². The number of carbonyl (C=O) groups is 1. The zero-order chi connectivity index (χ0) is 19.3. The highest BCUT2D eigenvalue weighted by molar-refractivity contribution is 7.87. The Morgan fingerprint density at radius 2 is 2.16 bits per heavy atom. The van der Waals surface area contributed by atoms with Crippen LogP contribution in [0.4, 0.5) is 4.39 Å². The van der Waals surface area contributed by atoms with E-state index in [1.54, 1.807) is 0 Å². The van der Waals surface area contributed by atoms with E-state index in [0.29, 0.717) is 0 Å². The van der Waals surface area contributed by atoms with Crippen LogP contribution in [0.25, 0.3) is 0 Å². The monoisotopic (exact) mass is 382 g/mol. The molecule has 1 aliphatic heterocycles. The van der Waals surface area contributed by atoms with E-state index >= 15 is 0 Å². The van der Waals surface area contributed by atoms with Gasteiger partial charge >= 0.3 is 13.1 Å². The molecule has 10 nitrogen and oxygen atoms in total. The molecule has 8 N–H and O–H groups in total. The van der Waals surface area contributed by atoms with Gasteiger partial charge in [0.2, 0.25) is 0 Å². The van der Waals surface area contributed by atoms with Gasteiger partial charge in [-0.25, -0.2) is 9.11 Å². The number of nitrogens with one attached hydrogen (secondary N) is 1. The summed E-state index contributed by atoms with van der Waals surface area (Å²) in [5.41, 5.74) is 9.38. The van der Waals surface area contributed by atoms with Crippen molar-refractivity contribution >= 4 is 23.3 Å². The van der Waals surface area contributed by atoms with E-state index in [0.717, 1.165) is 4.31 Å². The summed E-state index contributed by atoms with van der Waals surface area (Å²) >= 11 is 0. The van der Waals surface area contributed by atoms with Crippen molar-refractivity contribution in [1.29, 1.82) is 0 Å². The van der Waals surface area contributed by atoms with Crippen molar-refractivity contribution in [3.8, 4) is 0 Å². The number of carboxylic acids is 1. The topological polar surface area (TPSA) is 179 Å². The second kappa shape index (κ2) is 9.03. The number of alkyl halides is 1. The molecule has 0 aromatic heterocycles. The van der Waals surface area contributed by atoms with E-state index in [-0.39, 0.29) is 25.8 Å². The first-order valence-corrected chi connectivity index (χ1v) is 9.08. The molecule has 0 saturated carbocycles. The highest BCUT2D eigenvalue weighted by Gasteiger charge is 2.51. The van der Waals surface area contributed by atoms with E-state index in [9.17, 15) is 22.7 Å². The van der Waals surface area contributed by atoms with Gasteiger partial charge in [-0.1, -0.05) is 12.2 Å². The summed E-state index contributed by atoms with van der Waals surface area (Å²) in [7, 11) is -5.56. The van der Waals surface area contributed by atoms with Crippen LogP contribution in [0.1, 0.15) is 6.42 Å². The molecular formula is C12H24BFN4O6S. The zero-order valence-electron chi connectivity index (χ0n) is 13.6. The van der Waals surface area contributed by atoms with Gasteiger partial charge in [-0.3, -0.25) is 4.79 Å². The number of aliphatic carboxylic acids is 1. The molecule has 0 bridgehead atoms. The molecule has 3 atom stereocenters. The summed E-state index contributed by atoms with van der Waals surface area (Å²) < 4.78 is 39.8. The molecule has 0 radical (unpaired) electrons. The first kappa shape index (κ1) is 22.0. The molecule has 1 aliphatic rings. The van der Waals surface area contributed by atoms with Crippen LogP contribution in [0.15, 0.2) is 12.2 Å². The van der Waals surface area contributed by atoms with Crippen LogP contribution >= 0.6 is 0 Å². The van der Waals surface area contributed by atoms with Crippen molar-refractivity contribution in [2.75, 3.05) is 26.3 Å². The van der Waals surface area contributed by atoms with E-state index < -0.39 is 54.0 Å². The molecule has 0 aromatic rings. The zero-order valence-corrected chi connectivity index (χ0v) is 14.4. The van der Waals surface area contributed by atoms with Gasteiger partial charge < -0.3 is 26.6 Å². The lowest BCUT2D eigenvalue weighted by molar-refractivity contribution is -0.143. The molecule has 0 unspecified atom stereocenters. The number of nitrogens with zero attached hydrogens (tertiary/aromatic N) is 1. The fourth-order valence-corrected chi connectivity index (χ4v) is 3.71. The van der Waals surface area contributed by atoms with Crippen molar-refractivity contribution < 1.29 is 32.8 Å². The molecule has 144 valence electrons. The maximum atomic E-state index is 12.3. The average molecular weight is 382 g/mol. The predicted molar refractivity (Wildman–Crippen MR) is 89.2 cm³/mol. The van der Waals surface area contributed by atoms with Gasteiger partial charge in [0.15, 0.2) is 0 Å². The number of nitrogens with two attached hydrogens (primary N) is 2. The lowest BCUT2D eigenvalue weighted by atomic mass is 9.83. The summed E-state index contributed by atoms with van der Waals surface area (Å²) in [6.07, 6.45) is 3.30. The Balaban J connectivity index is 2.84. The van der Waals surface area contributed by atoms with Crippen LogP contribution in [-0.2, 0) is 15.0 Å². The Morgan fingerprint density at radius 1 is 1.52 bits per heavy atom. The Hall–Kier alpha value is -1.09. The lowest BCUT2D eigenvalue weighted by Crippen LogP contribution is -2.55. The second-order valence-electron chi connectivity index (χ2n) is 6.00. The molecular weight excluding hydrogens is 358 g/mol. The van der Waals surface area contributed by atoms with Crippen molar-refractivity contribution in [1.82, 2.24) is 9.03 Å². The maximum Gasteiger partial charge on any atom is 0.451 e. The van der Waals surface area contributed by atoms with Crippen LogP contribution in [0.5, 0.6) is 0 Å². The summed E-state index contributed by atoms with van der Waals surface area (Å²) in [5.74, 6) is -2.17. The van der Waals surface area contributed by atoms with Crippen molar-refractivity contribution in [2.45, 2.75) is 24.3 Å². The Morgan fingerprint density at radius 3 is 2.68 bits per heavy atom. The average Bonchev–Trinajstić information content (AvgIpc) is 2.88. The van der Waals surface area contributed by atoms with Gasteiger partial charge in [0.25, 0.3) is 10.2 Å². The third-order valence-electron chi connectivity index (χ3n) is 3.92. The lowest BCUT2D eigenvalue weighted by Gasteiger charge is -2.23. The predicted octanol–water partition coefficient (Wildman–Crippen LogP) is -2.75. The van der Waals surface area contributed by atoms with Crippen LogP contribution < -0.4 is 16.2 Å². The van der Waals surface area contributed by atoms with Gasteiger partial charge in [0.1, 0.15) is 12.2 Å². The quantitative estimate of drug-likeness (QED) is 0.174. The van der Waals surface area contributed by atoms with E-state index in [1.165, 1.54) is 12.2 Å². The highest BCUT2D eigenvalue weighted by Crippen LogP contribution is 2.29. The van der Waals surface area contributed by atoms with Crippen molar-refractivity contribution in [3.63, 3.8) is 0 Å². The van der Waals surface area contributed by atoms with Crippen molar-refractivity contribution in [3.05, 3.63) is 12.2 Å². The third-order valence-corrected chi connectivity index (χ3v) is 5.41. The minimum atomic E-state index is -4.07. The molecule has 1 rings (SSSR count). The Labute approximate surface area is 146 Å². The van der Waals surface area contributed by atoms with Crippen LogP contribution in [-0.4, -0.2) is 78.9 Å². The number of rotatable bonds is 10. The number of allylic oxidation sites excluding steroid dienone is 1.